The molecule has 0 fully saturated rings. The highest BCUT2D eigenvalue weighted by Gasteiger charge is 2.30. The molecule has 1 atom stereocenters. The Morgan fingerprint density at radius 3 is 2.10 bits per heavy atom. The summed E-state index contributed by atoms with van der Waals surface area (Å²) < 4.78 is 44.2. The first-order chi connectivity index (χ1) is 19.2. The summed E-state index contributed by atoms with van der Waals surface area (Å²) in [4.78, 5) is 17.7. The summed E-state index contributed by atoms with van der Waals surface area (Å²) in [5, 5.41) is 13.5. The van der Waals surface area contributed by atoms with E-state index in [9.17, 15) is 23.1 Å². The molecule has 9 heteroatoms. The molecule has 0 spiro atoms. The van der Waals surface area contributed by atoms with E-state index in [0.717, 1.165) is 42.5 Å². The van der Waals surface area contributed by atoms with Gasteiger partial charge in [0, 0.05) is 24.6 Å². The highest BCUT2D eigenvalue weighted by atomic mass is 19.4. The number of hydrogen-bond acceptors (Lipinski definition) is 5. The zero-order valence-corrected chi connectivity index (χ0v) is 23.4. The maximum Gasteiger partial charge on any atom is 0.416 e. The van der Waals surface area contributed by atoms with E-state index < -0.39 is 23.8 Å². The lowest BCUT2D eigenvalue weighted by atomic mass is 10.0. The Balaban J connectivity index is 1.53. The van der Waals surface area contributed by atoms with Crippen molar-refractivity contribution in [2.75, 3.05) is 6.54 Å². The van der Waals surface area contributed by atoms with Crippen molar-refractivity contribution in [1.29, 1.82) is 0 Å². The third-order valence-corrected chi connectivity index (χ3v) is 7.17. The molecule has 1 N–H and O–H groups in total. The fourth-order valence-electron chi connectivity index (χ4n) is 4.72. The third-order valence-electron chi connectivity index (χ3n) is 7.17. The molecule has 40 heavy (non-hydrogen) atoms. The number of rotatable bonds is 17. The molecular formula is C31H40F3N3O3. The van der Waals surface area contributed by atoms with E-state index in [1.165, 1.54) is 57.1 Å². The SMILES string of the molecule is CCCCCCCCCCCc1noc(-c2ccc(CN(CC(=O)O)C(C)c3ccc(C(F)(F)F)cc3)cc2)n1. The number of hydrogen-bond donors (Lipinski definition) is 1. The van der Waals surface area contributed by atoms with Crippen LogP contribution in [0, 0.1) is 0 Å². The van der Waals surface area contributed by atoms with Crippen LogP contribution in [0.5, 0.6) is 0 Å². The predicted octanol–water partition coefficient (Wildman–Crippen LogP) is 8.48. The van der Waals surface area contributed by atoms with Crippen LogP contribution in [0.3, 0.4) is 0 Å². The van der Waals surface area contributed by atoms with E-state index in [-0.39, 0.29) is 6.54 Å². The van der Waals surface area contributed by atoms with Gasteiger partial charge in [-0.3, -0.25) is 9.69 Å². The molecule has 3 aromatic rings. The molecule has 1 unspecified atom stereocenters. The van der Waals surface area contributed by atoms with E-state index in [1.807, 2.05) is 24.3 Å². The topological polar surface area (TPSA) is 79.5 Å². The summed E-state index contributed by atoms with van der Waals surface area (Å²) in [6.45, 7) is 4.07. The molecule has 0 bridgehead atoms. The van der Waals surface area contributed by atoms with Crippen molar-refractivity contribution < 1.29 is 27.6 Å². The molecule has 6 nitrogen and oxygen atoms in total. The molecule has 0 amide bonds. The fraction of sp³-hybridized carbons (Fsp3) is 0.516. The lowest BCUT2D eigenvalue weighted by molar-refractivity contribution is -0.139. The summed E-state index contributed by atoms with van der Waals surface area (Å²) in [5.74, 6) is 0.124. The van der Waals surface area contributed by atoms with E-state index in [2.05, 4.69) is 17.1 Å². The largest absolute Gasteiger partial charge is 0.480 e. The molecule has 0 aliphatic heterocycles. The smallest absolute Gasteiger partial charge is 0.416 e. The maximum atomic E-state index is 12.9. The minimum Gasteiger partial charge on any atom is -0.480 e. The number of halogens is 3. The van der Waals surface area contributed by atoms with Crippen LogP contribution in [-0.4, -0.2) is 32.7 Å². The second kappa shape index (κ2) is 15.6. The van der Waals surface area contributed by atoms with Crippen molar-refractivity contribution in [3.63, 3.8) is 0 Å². The molecular weight excluding hydrogens is 519 g/mol. The Hall–Kier alpha value is -3.20. The van der Waals surface area contributed by atoms with Crippen LogP contribution >= 0.6 is 0 Å². The Kier molecular flexibility index (Phi) is 12.2. The van der Waals surface area contributed by atoms with Gasteiger partial charge in [0.2, 0.25) is 0 Å². The third kappa shape index (κ3) is 10.1. The van der Waals surface area contributed by atoms with Gasteiger partial charge in [0.1, 0.15) is 0 Å². The molecule has 0 aliphatic carbocycles. The van der Waals surface area contributed by atoms with Gasteiger partial charge in [-0.25, -0.2) is 0 Å². The molecule has 1 aromatic heterocycles. The first-order valence-corrected chi connectivity index (χ1v) is 14.2. The lowest BCUT2D eigenvalue weighted by Gasteiger charge is -2.28. The Morgan fingerprint density at radius 2 is 1.52 bits per heavy atom. The van der Waals surface area contributed by atoms with Crippen molar-refractivity contribution in [2.24, 2.45) is 0 Å². The molecule has 218 valence electrons. The van der Waals surface area contributed by atoms with Crippen LogP contribution in [0.2, 0.25) is 0 Å². The summed E-state index contributed by atoms with van der Waals surface area (Å²) in [6.07, 6.45) is 7.64. The summed E-state index contributed by atoms with van der Waals surface area (Å²) in [5.41, 5.74) is 1.51. The number of aromatic nitrogens is 2. The average Bonchev–Trinajstić information content (AvgIpc) is 3.40. The maximum absolute atomic E-state index is 12.9. The quantitative estimate of drug-likeness (QED) is 0.167. The molecule has 3 rings (SSSR count). The van der Waals surface area contributed by atoms with Gasteiger partial charge in [-0.2, -0.15) is 18.2 Å². The fourth-order valence-corrected chi connectivity index (χ4v) is 4.72. The van der Waals surface area contributed by atoms with Crippen molar-refractivity contribution in [1.82, 2.24) is 15.0 Å². The molecule has 1 heterocycles. The van der Waals surface area contributed by atoms with E-state index in [1.54, 1.807) is 11.8 Å². The molecule has 0 aliphatic rings. The average molecular weight is 560 g/mol. The van der Waals surface area contributed by atoms with Gasteiger partial charge in [0.15, 0.2) is 5.82 Å². The van der Waals surface area contributed by atoms with Gasteiger partial charge in [-0.1, -0.05) is 87.7 Å². The van der Waals surface area contributed by atoms with Crippen molar-refractivity contribution >= 4 is 5.97 Å². The van der Waals surface area contributed by atoms with Crippen LogP contribution < -0.4 is 0 Å². The van der Waals surface area contributed by atoms with Gasteiger partial charge < -0.3 is 9.63 Å². The Morgan fingerprint density at radius 1 is 0.925 bits per heavy atom. The lowest BCUT2D eigenvalue weighted by Crippen LogP contribution is -2.32. The van der Waals surface area contributed by atoms with Crippen molar-refractivity contribution in [3.8, 4) is 11.5 Å². The highest BCUT2D eigenvalue weighted by molar-refractivity contribution is 5.69. The van der Waals surface area contributed by atoms with Crippen LogP contribution in [-0.2, 0) is 23.9 Å². The number of unbranched alkanes of at least 4 members (excludes halogenated alkanes) is 8. The van der Waals surface area contributed by atoms with Gasteiger partial charge >= 0.3 is 12.1 Å². The first kappa shape index (κ1) is 31.3. The Labute approximate surface area is 234 Å². The molecule has 0 saturated carbocycles. The van der Waals surface area contributed by atoms with Gasteiger partial charge in [-0.05, 0) is 48.7 Å². The van der Waals surface area contributed by atoms with Crippen molar-refractivity contribution in [3.05, 3.63) is 71.0 Å². The molecule has 0 saturated heterocycles. The number of alkyl halides is 3. The standard InChI is InChI=1S/C31H40F3N3O3/c1-3-4-5-6-7-8-9-10-11-12-28-35-30(40-36-28)26-15-13-24(14-16-26)21-37(22-29(38)39)23(2)25-17-19-27(20-18-25)31(32,33)34/h13-20,23H,3-12,21-22H2,1-2H3,(H,38,39). The van der Waals surface area contributed by atoms with E-state index >= 15 is 0 Å². The summed E-state index contributed by atoms with van der Waals surface area (Å²) >= 11 is 0. The number of carboxylic acid groups (broad SMARTS) is 1. The zero-order chi connectivity index (χ0) is 29.0. The van der Waals surface area contributed by atoms with Gasteiger partial charge in [0.05, 0.1) is 12.1 Å². The molecule has 2 aromatic carbocycles. The number of nitrogens with zero attached hydrogens (tertiary/aromatic N) is 3. The zero-order valence-electron chi connectivity index (χ0n) is 23.4. The number of aliphatic carboxylic acids is 1. The first-order valence-electron chi connectivity index (χ1n) is 14.2. The van der Waals surface area contributed by atoms with E-state index in [0.29, 0.717) is 23.8 Å². The molecule has 0 radical (unpaired) electrons. The predicted molar refractivity (Wildman–Crippen MR) is 149 cm³/mol. The summed E-state index contributed by atoms with van der Waals surface area (Å²) in [7, 11) is 0. The van der Waals surface area contributed by atoms with E-state index in [4.69, 9.17) is 4.52 Å². The normalized spacial score (nSPS) is 12.7. The second-order valence-corrected chi connectivity index (χ2v) is 10.4. The van der Waals surface area contributed by atoms with Crippen LogP contribution in [0.4, 0.5) is 13.2 Å². The van der Waals surface area contributed by atoms with Crippen LogP contribution in [0.25, 0.3) is 11.5 Å². The van der Waals surface area contributed by atoms with Crippen LogP contribution in [0.15, 0.2) is 53.1 Å². The van der Waals surface area contributed by atoms with Gasteiger partial charge in [0.25, 0.3) is 5.89 Å². The summed E-state index contributed by atoms with van der Waals surface area (Å²) in [6, 6.07) is 11.9. The van der Waals surface area contributed by atoms with Gasteiger partial charge in [-0.15, -0.1) is 0 Å². The number of carbonyl (C=O) groups is 1. The highest BCUT2D eigenvalue weighted by Crippen LogP contribution is 2.31. The minimum absolute atomic E-state index is 0.254. The second-order valence-electron chi connectivity index (χ2n) is 10.4. The minimum atomic E-state index is -4.42. The number of aryl methyl sites for hydroxylation is 1. The van der Waals surface area contributed by atoms with Crippen LogP contribution in [0.1, 0.15) is 100 Å². The van der Waals surface area contributed by atoms with Crippen molar-refractivity contribution in [2.45, 2.75) is 96.8 Å². The Bertz CT molecular complexity index is 1160. The number of benzene rings is 2. The number of carboxylic acids is 1. The monoisotopic (exact) mass is 559 g/mol.